The molecule has 0 saturated heterocycles. The Bertz CT molecular complexity index is 548. The van der Waals surface area contributed by atoms with Gasteiger partial charge in [0.25, 0.3) is 0 Å². The lowest BCUT2D eigenvalue weighted by Crippen LogP contribution is -2.02. The number of hydrogen-bond donors (Lipinski definition) is 1. The van der Waals surface area contributed by atoms with Crippen LogP contribution in [0.5, 0.6) is 0 Å². The quantitative estimate of drug-likeness (QED) is 0.903. The predicted octanol–water partition coefficient (Wildman–Crippen LogP) is 4.18. The van der Waals surface area contributed by atoms with E-state index in [1.165, 1.54) is 6.07 Å². The van der Waals surface area contributed by atoms with Crippen LogP contribution >= 0.6 is 15.9 Å². The average Bonchev–Trinajstić information content (AvgIpc) is 2.72. The number of hydrogen-bond acceptors (Lipinski definition) is 2. The van der Waals surface area contributed by atoms with Crippen LogP contribution in [-0.2, 0) is 0 Å². The molecule has 0 spiro atoms. The van der Waals surface area contributed by atoms with Crippen LogP contribution in [0.2, 0.25) is 0 Å². The minimum Gasteiger partial charge on any atom is -0.459 e. The summed E-state index contributed by atoms with van der Waals surface area (Å²) >= 11 is 3.16. The first-order chi connectivity index (χ1) is 7.99. The Morgan fingerprint density at radius 1 is 1.35 bits per heavy atom. The monoisotopic (exact) mass is 297 g/mol. The highest BCUT2D eigenvalue weighted by Gasteiger charge is 2.12. The van der Waals surface area contributed by atoms with Crippen molar-refractivity contribution < 1.29 is 8.81 Å². The molecule has 4 heteroatoms. The van der Waals surface area contributed by atoms with Crippen molar-refractivity contribution in [1.82, 2.24) is 0 Å². The minimum atomic E-state index is -0.302. The van der Waals surface area contributed by atoms with Crippen molar-refractivity contribution in [3.8, 4) is 11.3 Å². The maximum Gasteiger partial charge on any atom is 0.138 e. The number of halogens is 2. The van der Waals surface area contributed by atoms with Gasteiger partial charge in [0, 0.05) is 5.56 Å². The molecule has 1 aromatic carbocycles. The van der Waals surface area contributed by atoms with Gasteiger partial charge in [-0.1, -0.05) is 0 Å². The van der Waals surface area contributed by atoms with Crippen molar-refractivity contribution in [1.29, 1.82) is 0 Å². The fraction of sp³-hybridized carbons (Fsp3) is 0.231. The third-order valence-electron chi connectivity index (χ3n) is 2.61. The van der Waals surface area contributed by atoms with Gasteiger partial charge in [0.2, 0.25) is 0 Å². The molecule has 0 fully saturated rings. The smallest absolute Gasteiger partial charge is 0.138 e. The molecule has 1 atom stereocenters. The summed E-state index contributed by atoms with van der Waals surface area (Å²) in [7, 11) is 0. The van der Waals surface area contributed by atoms with Crippen molar-refractivity contribution in [3.05, 3.63) is 45.9 Å². The number of nitrogens with two attached hydrogens (primary N) is 1. The fourth-order valence-electron chi connectivity index (χ4n) is 1.65. The Kier molecular flexibility index (Phi) is 3.35. The molecular weight excluding hydrogens is 285 g/mol. The molecule has 1 aromatic heterocycles. The maximum absolute atomic E-state index is 13.5. The van der Waals surface area contributed by atoms with E-state index in [0.717, 1.165) is 11.1 Å². The van der Waals surface area contributed by atoms with Crippen molar-refractivity contribution in [2.45, 2.75) is 19.9 Å². The molecule has 90 valence electrons. The second-order valence-corrected chi connectivity index (χ2v) is 4.93. The van der Waals surface area contributed by atoms with Gasteiger partial charge in [-0.2, -0.15) is 0 Å². The van der Waals surface area contributed by atoms with Crippen LogP contribution < -0.4 is 5.73 Å². The molecule has 0 bridgehead atoms. The van der Waals surface area contributed by atoms with Crippen LogP contribution in [0.4, 0.5) is 4.39 Å². The molecule has 1 unspecified atom stereocenters. The average molecular weight is 298 g/mol. The lowest BCUT2D eigenvalue weighted by molar-refractivity contribution is 0.490. The molecule has 0 radical (unpaired) electrons. The Morgan fingerprint density at radius 2 is 2.06 bits per heavy atom. The Hall–Kier alpha value is -1.13. The van der Waals surface area contributed by atoms with Gasteiger partial charge < -0.3 is 10.2 Å². The second kappa shape index (κ2) is 4.63. The summed E-state index contributed by atoms with van der Waals surface area (Å²) in [6, 6.07) is 6.67. The van der Waals surface area contributed by atoms with Crippen LogP contribution in [-0.4, -0.2) is 0 Å². The Balaban J connectivity index is 2.49. The molecule has 1 heterocycles. The Labute approximate surface area is 108 Å². The van der Waals surface area contributed by atoms with E-state index in [1.807, 2.05) is 26.0 Å². The second-order valence-electron chi connectivity index (χ2n) is 4.07. The molecule has 0 aliphatic carbocycles. The molecule has 0 amide bonds. The molecule has 2 N–H and O–H groups in total. The first-order valence-corrected chi connectivity index (χ1v) is 6.09. The minimum absolute atomic E-state index is 0.163. The highest BCUT2D eigenvalue weighted by Crippen LogP contribution is 2.30. The fourth-order valence-corrected chi connectivity index (χ4v) is 2.11. The molecule has 0 aliphatic heterocycles. The lowest BCUT2D eigenvalue weighted by atomic mass is 10.1. The topological polar surface area (TPSA) is 39.2 Å². The van der Waals surface area contributed by atoms with Crippen LogP contribution in [0.3, 0.4) is 0 Å². The first-order valence-electron chi connectivity index (χ1n) is 5.30. The van der Waals surface area contributed by atoms with E-state index < -0.39 is 0 Å². The molecule has 0 aliphatic rings. The molecule has 2 aromatic rings. The molecule has 0 saturated carbocycles. The van der Waals surface area contributed by atoms with Crippen LogP contribution in [0.1, 0.15) is 24.3 Å². The lowest BCUT2D eigenvalue weighted by Gasteiger charge is -2.05. The van der Waals surface area contributed by atoms with Crippen molar-refractivity contribution >= 4 is 15.9 Å². The van der Waals surface area contributed by atoms with Gasteiger partial charge in [0.1, 0.15) is 17.3 Å². The van der Waals surface area contributed by atoms with Gasteiger partial charge in [-0.3, -0.25) is 0 Å². The summed E-state index contributed by atoms with van der Waals surface area (Å²) in [6.07, 6.45) is 0. The van der Waals surface area contributed by atoms with Gasteiger partial charge in [0.05, 0.1) is 10.5 Å². The van der Waals surface area contributed by atoms with Crippen LogP contribution in [0.25, 0.3) is 11.3 Å². The van der Waals surface area contributed by atoms with Gasteiger partial charge in [-0.15, -0.1) is 0 Å². The molecular formula is C13H13BrFNO. The standard InChI is InChI=1S/C13H13BrFNO/c1-7-5-10(14)11(15)6-9(7)13-4-3-12(17-13)8(2)16/h3-6,8H,16H2,1-2H3. The SMILES string of the molecule is Cc1cc(Br)c(F)cc1-c1ccc(C(C)N)o1. The highest BCUT2D eigenvalue weighted by atomic mass is 79.9. The summed E-state index contributed by atoms with van der Waals surface area (Å²) in [5, 5.41) is 0. The maximum atomic E-state index is 13.5. The van der Waals surface area contributed by atoms with E-state index in [2.05, 4.69) is 15.9 Å². The number of furan rings is 1. The van der Waals surface area contributed by atoms with Crippen molar-refractivity contribution in [2.75, 3.05) is 0 Å². The number of benzene rings is 1. The van der Waals surface area contributed by atoms with Gasteiger partial charge in [-0.25, -0.2) is 4.39 Å². The van der Waals surface area contributed by atoms with E-state index >= 15 is 0 Å². The molecule has 2 rings (SSSR count). The zero-order valence-corrected chi connectivity index (χ0v) is 11.2. The zero-order valence-electron chi connectivity index (χ0n) is 9.63. The van der Waals surface area contributed by atoms with Crippen molar-refractivity contribution in [2.24, 2.45) is 5.73 Å². The van der Waals surface area contributed by atoms with E-state index in [4.69, 9.17) is 10.2 Å². The summed E-state index contributed by atoms with van der Waals surface area (Å²) in [4.78, 5) is 0. The van der Waals surface area contributed by atoms with E-state index in [0.29, 0.717) is 16.0 Å². The zero-order chi connectivity index (χ0) is 12.6. The molecule has 2 nitrogen and oxygen atoms in total. The summed E-state index contributed by atoms with van der Waals surface area (Å²) in [5.74, 6) is 1.04. The Morgan fingerprint density at radius 3 is 2.65 bits per heavy atom. The highest BCUT2D eigenvalue weighted by molar-refractivity contribution is 9.10. The van der Waals surface area contributed by atoms with Gasteiger partial charge in [0.15, 0.2) is 0 Å². The van der Waals surface area contributed by atoms with Gasteiger partial charge in [-0.05, 0) is 59.6 Å². The molecule has 17 heavy (non-hydrogen) atoms. The third kappa shape index (κ3) is 2.42. The number of aryl methyl sites for hydroxylation is 1. The normalized spacial score (nSPS) is 12.8. The van der Waals surface area contributed by atoms with Crippen LogP contribution in [0, 0.1) is 12.7 Å². The van der Waals surface area contributed by atoms with Crippen molar-refractivity contribution in [3.63, 3.8) is 0 Å². The number of rotatable bonds is 2. The summed E-state index contributed by atoms with van der Waals surface area (Å²) < 4.78 is 19.6. The summed E-state index contributed by atoms with van der Waals surface area (Å²) in [6.45, 7) is 3.76. The first kappa shape index (κ1) is 12.3. The third-order valence-corrected chi connectivity index (χ3v) is 3.22. The van der Waals surface area contributed by atoms with E-state index in [1.54, 1.807) is 6.07 Å². The predicted molar refractivity (Wildman–Crippen MR) is 69.1 cm³/mol. The van der Waals surface area contributed by atoms with E-state index in [-0.39, 0.29) is 11.9 Å². The van der Waals surface area contributed by atoms with Gasteiger partial charge >= 0.3 is 0 Å². The van der Waals surface area contributed by atoms with E-state index in [9.17, 15) is 4.39 Å². The summed E-state index contributed by atoms with van der Waals surface area (Å²) in [5.41, 5.74) is 7.42. The van der Waals surface area contributed by atoms with Crippen LogP contribution in [0.15, 0.2) is 33.2 Å². The largest absolute Gasteiger partial charge is 0.459 e.